The molecule has 0 radical (unpaired) electrons. The monoisotopic (exact) mass is 318 g/mol. The summed E-state index contributed by atoms with van der Waals surface area (Å²) in [5.41, 5.74) is 4.81. The maximum atomic E-state index is 13.6. The summed E-state index contributed by atoms with van der Waals surface area (Å²) < 4.78 is 26.6. The number of anilines is 1. The van der Waals surface area contributed by atoms with Crippen LogP contribution in [0.15, 0.2) is 16.6 Å². The third-order valence-electron chi connectivity index (χ3n) is 3.16. The predicted octanol–water partition coefficient (Wildman–Crippen LogP) is 2.79. The highest BCUT2D eigenvalue weighted by molar-refractivity contribution is 9.10. The third kappa shape index (κ3) is 2.54. The van der Waals surface area contributed by atoms with Gasteiger partial charge in [0.15, 0.2) is 5.82 Å². The lowest BCUT2D eigenvalue weighted by molar-refractivity contribution is -0.121. The number of nitrogens with two attached hydrogens (primary N) is 1. The van der Waals surface area contributed by atoms with Gasteiger partial charge in [-0.1, -0.05) is 0 Å². The molecule has 1 fully saturated rings. The average molecular weight is 319 g/mol. The molecular weight excluding hydrogens is 306 g/mol. The topological polar surface area (TPSA) is 55.1 Å². The normalized spacial score (nSPS) is 18.3. The van der Waals surface area contributed by atoms with Crippen LogP contribution >= 0.6 is 15.9 Å². The van der Waals surface area contributed by atoms with Gasteiger partial charge < -0.3 is 11.1 Å². The van der Waals surface area contributed by atoms with E-state index in [1.165, 1.54) is 0 Å². The van der Waals surface area contributed by atoms with Crippen molar-refractivity contribution in [2.24, 2.45) is 11.7 Å². The minimum Gasteiger partial charge on any atom is -0.321 e. The molecule has 2 rings (SSSR count). The number of benzene rings is 1. The molecule has 0 heterocycles. The van der Waals surface area contributed by atoms with Gasteiger partial charge in [0, 0.05) is 10.5 Å². The summed E-state index contributed by atoms with van der Waals surface area (Å²) in [5, 5.41) is 2.41. The Labute approximate surface area is 112 Å². The zero-order chi connectivity index (χ0) is 13.5. The number of nitrogens with one attached hydrogen (secondary N) is 1. The summed E-state index contributed by atoms with van der Waals surface area (Å²) in [6.45, 7) is 1.62. The molecule has 3 N–H and O–H groups in total. The van der Waals surface area contributed by atoms with E-state index in [-0.39, 0.29) is 16.1 Å². The minimum atomic E-state index is -1.03. The van der Waals surface area contributed by atoms with E-state index in [9.17, 15) is 13.6 Å². The molecule has 98 valence electrons. The Kier molecular flexibility index (Phi) is 3.42. The first kappa shape index (κ1) is 13.4. The summed E-state index contributed by atoms with van der Waals surface area (Å²) in [6, 6.07) is 1.80. The number of amides is 1. The second kappa shape index (κ2) is 4.59. The molecule has 3 nitrogen and oxygen atoms in total. The van der Waals surface area contributed by atoms with Crippen LogP contribution < -0.4 is 11.1 Å². The van der Waals surface area contributed by atoms with Crippen LogP contribution in [0.5, 0.6) is 0 Å². The molecule has 1 aliphatic rings. The molecule has 0 aromatic heterocycles. The molecular formula is C12H13BrF2N2O. The Bertz CT molecular complexity index is 478. The number of hydrogen-bond donors (Lipinski definition) is 2. The predicted molar refractivity (Wildman–Crippen MR) is 68.0 cm³/mol. The van der Waals surface area contributed by atoms with E-state index in [1.54, 1.807) is 6.92 Å². The van der Waals surface area contributed by atoms with Gasteiger partial charge in [-0.2, -0.15) is 0 Å². The summed E-state index contributed by atoms with van der Waals surface area (Å²) >= 11 is 3.01. The molecule has 1 aromatic rings. The van der Waals surface area contributed by atoms with Gasteiger partial charge >= 0.3 is 0 Å². The van der Waals surface area contributed by atoms with E-state index in [2.05, 4.69) is 21.2 Å². The van der Waals surface area contributed by atoms with Crippen molar-refractivity contribution in [2.45, 2.75) is 25.3 Å². The highest BCUT2D eigenvalue weighted by Crippen LogP contribution is 2.39. The first-order chi connectivity index (χ1) is 8.32. The van der Waals surface area contributed by atoms with Gasteiger partial charge in [-0.05, 0) is 47.7 Å². The summed E-state index contributed by atoms with van der Waals surface area (Å²) in [6.07, 6.45) is 1.79. The van der Waals surface area contributed by atoms with E-state index in [0.717, 1.165) is 18.9 Å². The Morgan fingerprint density at radius 3 is 2.61 bits per heavy atom. The summed E-state index contributed by atoms with van der Waals surface area (Å²) in [5.74, 6) is -1.88. The Balaban J connectivity index is 2.21. The zero-order valence-corrected chi connectivity index (χ0v) is 11.4. The maximum absolute atomic E-state index is 13.6. The van der Waals surface area contributed by atoms with Crippen LogP contribution in [0.1, 0.15) is 19.8 Å². The van der Waals surface area contributed by atoms with E-state index in [0.29, 0.717) is 6.07 Å². The highest BCUT2D eigenvalue weighted by Gasteiger charge is 2.44. The zero-order valence-electron chi connectivity index (χ0n) is 9.77. The van der Waals surface area contributed by atoms with Crippen molar-refractivity contribution in [3.8, 4) is 0 Å². The molecule has 0 bridgehead atoms. The van der Waals surface area contributed by atoms with Gasteiger partial charge in [0.25, 0.3) is 0 Å². The standard InChI is InChI=1S/C12H13BrF2N2O/c1-12(16,6-2-3-6)11(18)17-10-8(13)4-7(14)5-9(10)15/h4-6H,2-3,16H2,1H3,(H,17,18). The van der Waals surface area contributed by atoms with Crippen LogP contribution in [0, 0.1) is 17.6 Å². The highest BCUT2D eigenvalue weighted by atomic mass is 79.9. The minimum absolute atomic E-state index is 0.0845. The average Bonchev–Trinajstić information content (AvgIpc) is 3.06. The molecule has 1 amide bonds. The van der Waals surface area contributed by atoms with Gasteiger partial charge in [0.05, 0.1) is 11.2 Å². The first-order valence-electron chi connectivity index (χ1n) is 5.57. The Morgan fingerprint density at radius 1 is 1.50 bits per heavy atom. The molecule has 1 saturated carbocycles. The van der Waals surface area contributed by atoms with Gasteiger partial charge in [-0.25, -0.2) is 8.78 Å². The van der Waals surface area contributed by atoms with Crippen LogP contribution in [-0.2, 0) is 4.79 Å². The second-order valence-corrected chi connectivity index (χ2v) is 5.61. The van der Waals surface area contributed by atoms with E-state index >= 15 is 0 Å². The molecule has 1 aromatic carbocycles. The fourth-order valence-corrected chi connectivity index (χ4v) is 2.29. The van der Waals surface area contributed by atoms with Crippen LogP contribution in [0.2, 0.25) is 0 Å². The van der Waals surface area contributed by atoms with Gasteiger partial charge in [0.2, 0.25) is 5.91 Å². The number of rotatable bonds is 3. The fourth-order valence-electron chi connectivity index (χ4n) is 1.78. The van der Waals surface area contributed by atoms with Crippen molar-refractivity contribution in [1.82, 2.24) is 0 Å². The van der Waals surface area contributed by atoms with Crippen LogP contribution in [0.4, 0.5) is 14.5 Å². The summed E-state index contributed by atoms with van der Waals surface area (Å²) in [4.78, 5) is 12.0. The van der Waals surface area contributed by atoms with E-state index in [1.807, 2.05) is 0 Å². The smallest absolute Gasteiger partial charge is 0.244 e. The molecule has 0 aliphatic heterocycles. The van der Waals surface area contributed by atoms with Gasteiger partial charge in [-0.15, -0.1) is 0 Å². The lowest BCUT2D eigenvalue weighted by Crippen LogP contribution is -2.50. The third-order valence-corrected chi connectivity index (χ3v) is 3.79. The van der Waals surface area contributed by atoms with Gasteiger partial charge in [0.1, 0.15) is 5.82 Å². The maximum Gasteiger partial charge on any atom is 0.244 e. The van der Waals surface area contributed by atoms with Crippen molar-refractivity contribution in [3.63, 3.8) is 0 Å². The van der Waals surface area contributed by atoms with Gasteiger partial charge in [-0.3, -0.25) is 4.79 Å². The number of hydrogen-bond acceptors (Lipinski definition) is 2. The molecule has 1 atom stereocenters. The van der Waals surface area contributed by atoms with Crippen LogP contribution in [0.3, 0.4) is 0 Å². The van der Waals surface area contributed by atoms with E-state index in [4.69, 9.17) is 5.73 Å². The Morgan fingerprint density at radius 2 is 2.11 bits per heavy atom. The number of carbonyl (C=O) groups is 1. The molecule has 18 heavy (non-hydrogen) atoms. The molecule has 0 saturated heterocycles. The van der Waals surface area contributed by atoms with Crippen LogP contribution in [0.25, 0.3) is 0 Å². The van der Waals surface area contributed by atoms with Crippen molar-refractivity contribution in [2.75, 3.05) is 5.32 Å². The summed E-state index contributed by atoms with van der Waals surface area (Å²) in [7, 11) is 0. The van der Waals surface area contributed by atoms with Crippen molar-refractivity contribution < 1.29 is 13.6 Å². The van der Waals surface area contributed by atoms with Crippen molar-refractivity contribution in [3.05, 3.63) is 28.2 Å². The molecule has 0 spiro atoms. The quantitative estimate of drug-likeness (QED) is 0.900. The number of carbonyl (C=O) groups excluding carboxylic acids is 1. The Hall–Kier alpha value is -1.01. The SMILES string of the molecule is CC(N)(C(=O)Nc1c(F)cc(F)cc1Br)C1CC1. The largest absolute Gasteiger partial charge is 0.321 e. The van der Waals surface area contributed by atoms with Crippen molar-refractivity contribution in [1.29, 1.82) is 0 Å². The van der Waals surface area contributed by atoms with Crippen molar-refractivity contribution >= 4 is 27.5 Å². The second-order valence-electron chi connectivity index (χ2n) is 4.76. The number of halogens is 3. The molecule has 1 aliphatic carbocycles. The lowest BCUT2D eigenvalue weighted by atomic mass is 9.96. The molecule has 6 heteroatoms. The van der Waals surface area contributed by atoms with E-state index < -0.39 is 23.1 Å². The fraction of sp³-hybridized carbons (Fsp3) is 0.417. The molecule has 1 unspecified atom stereocenters. The first-order valence-corrected chi connectivity index (χ1v) is 6.36. The van der Waals surface area contributed by atoms with Crippen LogP contribution in [-0.4, -0.2) is 11.4 Å². The lowest BCUT2D eigenvalue weighted by Gasteiger charge is -2.23.